The van der Waals surface area contributed by atoms with Crippen LogP contribution in [0.4, 0.5) is 5.69 Å². The lowest BCUT2D eigenvalue weighted by atomic mass is 10.1. The fourth-order valence-corrected chi connectivity index (χ4v) is 6.74. The first-order valence-electron chi connectivity index (χ1n) is 14.2. The first kappa shape index (κ1) is 31.4. The van der Waals surface area contributed by atoms with E-state index in [9.17, 15) is 18.0 Å². The van der Waals surface area contributed by atoms with Gasteiger partial charge in [-0.1, -0.05) is 67.3 Å². The summed E-state index contributed by atoms with van der Waals surface area (Å²) in [5, 5.41) is 3.67. The lowest BCUT2D eigenvalue weighted by Crippen LogP contribution is -2.53. The Kier molecular flexibility index (Phi) is 10.5. The Balaban J connectivity index is 1.72. The van der Waals surface area contributed by atoms with E-state index in [4.69, 9.17) is 16.3 Å². The van der Waals surface area contributed by atoms with Gasteiger partial charge < -0.3 is 15.0 Å². The van der Waals surface area contributed by atoms with Crippen molar-refractivity contribution in [2.75, 3.05) is 18.0 Å². The molecule has 42 heavy (non-hydrogen) atoms. The second kappa shape index (κ2) is 14.1. The zero-order valence-corrected chi connectivity index (χ0v) is 25.8. The standard InChI is InChI=1S/C32H38ClN3O5S/c1-4-30(32(38)34-26-8-5-6-9-26)35(21-24-14-16-25(33)17-15-24)31(37)22-36(27-10-7-11-28(20-27)41-3)42(39,40)29-18-12-23(2)13-19-29/h7,10-20,26,30H,4-6,8-9,21-22H2,1-3H3,(H,34,38)/t30-/m1/s1. The highest BCUT2D eigenvalue weighted by Gasteiger charge is 2.34. The van der Waals surface area contributed by atoms with Crippen LogP contribution in [0.2, 0.25) is 5.02 Å². The van der Waals surface area contributed by atoms with Crippen LogP contribution in [0, 0.1) is 6.92 Å². The van der Waals surface area contributed by atoms with Crippen LogP contribution in [0.15, 0.2) is 77.7 Å². The first-order chi connectivity index (χ1) is 20.1. The summed E-state index contributed by atoms with van der Waals surface area (Å²) in [5.74, 6) is -0.289. The topological polar surface area (TPSA) is 96.0 Å². The quantitative estimate of drug-likeness (QED) is 0.283. The van der Waals surface area contributed by atoms with Gasteiger partial charge in [0.05, 0.1) is 17.7 Å². The number of amides is 2. The Hall–Kier alpha value is -3.56. The molecule has 1 atom stereocenters. The van der Waals surface area contributed by atoms with E-state index < -0.39 is 28.5 Å². The minimum atomic E-state index is -4.16. The molecule has 0 aliphatic heterocycles. The van der Waals surface area contributed by atoms with Crippen LogP contribution in [0.3, 0.4) is 0 Å². The summed E-state index contributed by atoms with van der Waals surface area (Å²) in [7, 11) is -2.67. The number of ether oxygens (including phenoxy) is 1. The van der Waals surface area contributed by atoms with E-state index in [0.717, 1.165) is 41.1 Å². The number of carbonyl (C=O) groups excluding carboxylic acids is 2. The molecule has 0 spiro atoms. The van der Waals surface area contributed by atoms with Gasteiger partial charge in [-0.15, -0.1) is 0 Å². The lowest BCUT2D eigenvalue weighted by Gasteiger charge is -2.34. The van der Waals surface area contributed by atoms with E-state index in [1.807, 2.05) is 13.8 Å². The number of carbonyl (C=O) groups is 2. The van der Waals surface area contributed by atoms with Crippen molar-refractivity contribution in [3.63, 3.8) is 0 Å². The SMILES string of the molecule is CC[C@H](C(=O)NC1CCCC1)N(Cc1ccc(Cl)cc1)C(=O)CN(c1cccc(OC)c1)S(=O)(=O)c1ccc(C)cc1. The van der Waals surface area contributed by atoms with Crippen molar-refractivity contribution in [1.29, 1.82) is 0 Å². The zero-order valence-electron chi connectivity index (χ0n) is 24.3. The molecule has 8 nitrogen and oxygen atoms in total. The average Bonchev–Trinajstić information content (AvgIpc) is 3.50. The van der Waals surface area contributed by atoms with Crippen molar-refractivity contribution in [3.05, 3.63) is 88.9 Å². The molecule has 0 unspecified atom stereocenters. The lowest BCUT2D eigenvalue weighted by molar-refractivity contribution is -0.140. The molecule has 4 rings (SSSR count). The van der Waals surface area contributed by atoms with Gasteiger partial charge in [0.25, 0.3) is 10.0 Å². The van der Waals surface area contributed by atoms with Crippen LogP contribution in [0.1, 0.15) is 50.2 Å². The van der Waals surface area contributed by atoms with Crippen LogP contribution >= 0.6 is 11.6 Å². The van der Waals surface area contributed by atoms with E-state index in [-0.39, 0.29) is 29.1 Å². The molecule has 1 saturated carbocycles. The van der Waals surface area contributed by atoms with Gasteiger partial charge in [-0.25, -0.2) is 8.42 Å². The minimum Gasteiger partial charge on any atom is -0.497 e. The summed E-state index contributed by atoms with van der Waals surface area (Å²) in [6.45, 7) is 3.33. The van der Waals surface area contributed by atoms with Crippen molar-refractivity contribution in [2.45, 2.75) is 69.5 Å². The first-order valence-corrected chi connectivity index (χ1v) is 16.0. The van der Waals surface area contributed by atoms with Crippen molar-refractivity contribution < 1.29 is 22.7 Å². The molecule has 1 aliphatic carbocycles. The van der Waals surface area contributed by atoms with Crippen molar-refractivity contribution in [2.24, 2.45) is 0 Å². The number of rotatable bonds is 12. The molecule has 1 aliphatic rings. The van der Waals surface area contributed by atoms with Gasteiger partial charge >= 0.3 is 0 Å². The molecule has 3 aromatic rings. The maximum Gasteiger partial charge on any atom is 0.264 e. The Morgan fingerprint density at radius 1 is 1.02 bits per heavy atom. The maximum atomic E-state index is 14.2. The third-order valence-corrected chi connectivity index (χ3v) is 9.62. The van der Waals surface area contributed by atoms with Gasteiger partial charge in [-0.2, -0.15) is 0 Å². The Morgan fingerprint density at radius 2 is 1.69 bits per heavy atom. The summed E-state index contributed by atoms with van der Waals surface area (Å²) in [6, 6.07) is 19.4. The average molecular weight is 612 g/mol. The van der Waals surface area contributed by atoms with Gasteiger partial charge in [0.2, 0.25) is 11.8 Å². The van der Waals surface area contributed by atoms with Gasteiger partial charge in [-0.3, -0.25) is 13.9 Å². The van der Waals surface area contributed by atoms with E-state index in [2.05, 4.69) is 5.32 Å². The number of halogens is 1. The maximum absolute atomic E-state index is 14.2. The molecule has 10 heteroatoms. The largest absolute Gasteiger partial charge is 0.497 e. The Bertz CT molecular complexity index is 1470. The van der Waals surface area contributed by atoms with E-state index >= 15 is 0 Å². The molecule has 0 aromatic heterocycles. The molecule has 2 amide bonds. The van der Waals surface area contributed by atoms with Crippen LogP contribution in [0.5, 0.6) is 5.75 Å². The zero-order chi connectivity index (χ0) is 30.3. The predicted molar refractivity (Wildman–Crippen MR) is 165 cm³/mol. The van der Waals surface area contributed by atoms with Gasteiger partial charge in [0.15, 0.2) is 0 Å². The van der Waals surface area contributed by atoms with Gasteiger partial charge in [0, 0.05) is 23.7 Å². The summed E-state index contributed by atoms with van der Waals surface area (Å²) in [4.78, 5) is 29.3. The van der Waals surface area contributed by atoms with E-state index in [1.54, 1.807) is 60.7 Å². The number of hydrogen-bond donors (Lipinski definition) is 1. The summed E-state index contributed by atoms with van der Waals surface area (Å²) in [5.41, 5.74) is 1.96. The second-order valence-electron chi connectivity index (χ2n) is 10.6. The van der Waals surface area contributed by atoms with Crippen LogP contribution in [0.25, 0.3) is 0 Å². The summed E-state index contributed by atoms with van der Waals surface area (Å²) < 4.78 is 34.5. The molecule has 224 valence electrons. The summed E-state index contributed by atoms with van der Waals surface area (Å²) in [6.07, 6.45) is 4.29. The van der Waals surface area contributed by atoms with Crippen LogP contribution in [-0.4, -0.2) is 50.9 Å². The number of benzene rings is 3. The van der Waals surface area contributed by atoms with Crippen LogP contribution < -0.4 is 14.4 Å². The van der Waals surface area contributed by atoms with Crippen molar-refractivity contribution in [1.82, 2.24) is 10.2 Å². The monoisotopic (exact) mass is 611 g/mol. The normalized spacial score (nSPS) is 14.3. The number of aryl methyl sites for hydroxylation is 1. The number of nitrogens with zero attached hydrogens (tertiary/aromatic N) is 2. The number of sulfonamides is 1. The Labute approximate surface area is 253 Å². The second-order valence-corrected chi connectivity index (χ2v) is 12.9. The number of anilines is 1. The van der Waals surface area contributed by atoms with Crippen molar-refractivity contribution in [3.8, 4) is 5.75 Å². The predicted octanol–water partition coefficient (Wildman–Crippen LogP) is 5.72. The van der Waals surface area contributed by atoms with Gasteiger partial charge in [-0.05, 0) is 68.1 Å². The molecule has 0 radical (unpaired) electrons. The highest BCUT2D eigenvalue weighted by molar-refractivity contribution is 7.92. The fraction of sp³-hybridized carbons (Fsp3) is 0.375. The van der Waals surface area contributed by atoms with Gasteiger partial charge in [0.1, 0.15) is 18.3 Å². The highest BCUT2D eigenvalue weighted by Crippen LogP contribution is 2.28. The third kappa shape index (κ3) is 7.63. The molecule has 0 bridgehead atoms. The number of methoxy groups -OCH3 is 1. The minimum absolute atomic E-state index is 0.0546. The smallest absolute Gasteiger partial charge is 0.264 e. The van der Waals surface area contributed by atoms with Crippen LogP contribution in [-0.2, 0) is 26.2 Å². The molecule has 0 heterocycles. The summed E-state index contributed by atoms with van der Waals surface area (Å²) >= 11 is 6.10. The molecule has 1 N–H and O–H groups in total. The van der Waals surface area contributed by atoms with E-state index in [0.29, 0.717) is 17.2 Å². The number of nitrogens with one attached hydrogen (secondary N) is 1. The number of hydrogen-bond acceptors (Lipinski definition) is 5. The molecular weight excluding hydrogens is 574 g/mol. The fourth-order valence-electron chi connectivity index (χ4n) is 5.21. The molecular formula is C32H38ClN3O5S. The Morgan fingerprint density at radius 3 is 2.31 bits per heavy atom. The van der Waals surface area contributed by atoms with Crippen molar-refractivity contribution >= 4 is 39.1 Å². The highest BCUT2D eigenvalue weighted by atomic mass is 35.5. The molecule has 1 fully saturated rings. The van der Waals surface area contributed by atoms with E-state index in [1.165, 1.54) is 24.1 Å². The molecule has 0 saturated heterocycles. The molecule has 3 aromatic carbocycles. The third-order valence-electron chi connectivity index (χ3n) is 7.58.